The molecule has 2 aromatic rings. The highest BCUT2D eigenvalue weighted by Gasteiger charge is 2.19. The van der Waals surface area contributed by atoms with Crippen molar-refractivity contribution in [1.82, 2.24) is 20.1 Å². The number of nitrogens with one attached hydrogen (secondary N) is 1. The highest BCUT2D eigenvalue weighted by atomic mass is 127. The van der Waals surface area contributed by atoms with Gasteiger partial charge in [-0.1, -0.05) is 0 Å². The van der Waals surface area contributed by atoms with Gasteiger partial charge in [0.15, 0.2) is 5.82 Å². The third-order valence-electron chi connectivity index (χ3n) is 2.76. The van der Waals surface area contributed by atoms with E-state index in [0.29, 0.717) is 20.8 Å². The minimum atomic E-state index is -0.522. The number of aryl methyl sites for hydroxylation is 1. The molecule has 1 aromatic carbocycles. The number of benzene rings is 1. The van der Waals surface area contributed by atoms with Crippen LogP contribution in [0.5, 0.6) is 0 Å². The van der Waals surface area contributed by atoms with E-state index in [2.05, 4.69) is 15.2 Å². The molecule has 0 saturated heterocycles. The van der Waals surface area contributed by atoms with Crippen molar-refractivity contribution >= 4 is 34.2 Å². The van der Waals surface area contributed by atoms with Gasteiger partial charge in [-0.15, -0.1) is 0 Å². The number of rotatable bonds is 4. The minimum Gasteiger partial charge on any atom is -0.334 e. The Labute approximate surface area is 133 Å². The molecule has 0 spiro atoms. The number of hydrogen-bond donors (Lipinski definition) is 1. The van der Waals surface area contributed by atoms with Gasteiger partial charge >= 0.3 is 0 Å². The molecule has 1 amide bonds. The molecular weight excluding hydrogens is 389 g/mol. The van der Waals surface area contributed by atoms with E-state index < -0.39 is 4.92 Å². The van der Waals surface area contributed by atoms with Crippen molar-refractivity contribution in [3.63, 3.8) is 0 Å². The van der Waals surface area contributed by atoms with E-state index in [0.717, 1.165) is 0 Å². The topological polar surface area (TPSA) is 105 Å². The number of aromatic amines is 1. The third-order valence-corrected chi connectivity index (χ3v) is 3.70. The van der Waals surface area contributed by atoms with Gasteiger partial charge in [-0.2, -0.15) is 5.10 Å². The summed E-state index contributed by atoms with van der Waals surface area (Å²) in [6.45, 7) is 1.99. The molecule has 0 atom stereocenters. The van der Waals surface area contributed by atoms with Crippen LogP contribution in [0.15, 0.2) is 18.2 Å². The van der Waals surface area contributed by atoms with Gasteiger partial charge in [0.1, 0.15) is 5.82 Å². The molecule has 0 aliphatic rings. The molecule has 0 saturated carbocycles. The molecular formula is C12H12IN5O3. The first-order valence-corrected chi connectivity index (χ1v) is 7.03. The molecule has 0 radical (unpaired) electrons. The van der Waals surface area contributed by atoms with Gasteiger partial charge in [0.2, 0.25) is 0 Å². The summed E-state index contributed by atoms with van der Waals surface area (Å²) in [5, 5.41) is 17.5. The van der Waals surface area contributed by atoms with E-state index >= 15 is 0 Å². The average molecular weight is 401 g/mol. The number of halogens is 1. The smallest absolute Gasteiger partial charge is 0.270 e. The van der Waals surface area contributed by atoms with Gasteiger partial charge in [-0.3, -0.25) is 20.0 Å². The lowest BCUT2D eigenvalue weighted by Crippen LogP contribution is -2.27. The van der Waals surface area contributed by atoms with Crippen LogP contribution >= 0.6 is 22.6 Å². The number of nitro groups is 1. The van der Waals surface area contributed by atoms with E-state index in [1.807, 2.05) is 22.6 Å². The zero-order valence-electron chi connectivity index (χ0n) is 11.3. The van der Waals surface area contributed by atoms with Crippen LogP contribution in [0, 0.1) is 20.6 Å². The molecule has 0 fully saturated rings. The van der Waals surface area contributed by atoms with Crippen LogP contribution in [0.1, 0.15) is 22.0 Å². The SMILES string of the molecule is Cc1nc(CN(C)C(=O)c2cc([N+](=O)[O-])ccc2I)n[nH]1. The summed E-state index contributed by atoms with van der Waals surface area (Å²) < 4.78 is 0.654. The van der Waals surface area contributed by atoms with Crippen LogP contribution in [-0.4, -0.2) is 38.0 Å². The van der Waals surface area contributed by atoms with Crippen molar-refractivity contribution in [2.45, 2.75) is 13.5 Å². The number of amides is 1. The lowest BCUT2D eigenvalue weighted by Gasteiger charge is -2.16. The maximum absolute atomic E-state index is 12.4. The predicted octanol–water partition coefficient (Wildman–Crippen LogP) is 1.90. The molecule has 0 aliphatic heterocycles. The van der Waals surface area contributed by atoms with E-state index in [-0.39, 0.29) is 18.1 Å². The van der Waals surface area contributed by atoms with Crippen molar-refractivity contribution in [3.05, 3.63) is 49.1 Å². The van der Waals surface area contributed by atoms with Crippen molar-refractivity contribution in [3.8, 4) is 0 Å². The molecule has 0 unspecified atom stereocenters. The maximum Gasteiger partial charge on any atom is 0.270 e. The molecule has 110 valence electrons. The molecule has 1 aromatic heterocycles. The van der Waals surface area contributed by atoms with Crippen LogP contribution in [0.2, 0.25) is 0 Å². The van der Waals surface area contributed by atoms with Gasteiger partial charge < -0.3 is 4.90 Å². The van der Waals surface area contributed by atoms with Gasteiger partial charge in [-0.05, 0) is 35.6 Å². The van der Waals surface area contributed by atoms with Crippen molar-refractivity contribution in [2.24, 2.45) is 0 Å². The summed E-state index contributed by atoms with van der Waals surface area (Å²) in [5.74, 6) is 0.838. The van der Waals surface area contributed by atoms with Gasteiger partial charge in [0, 0.05) is 22.8 Å². The standard InChI is InChI=1S/C12H12IN5O3/c1-7-14-11(16-15-7)6-17(2)12(19)9-5-8(18(20)21)3-4-10(9)13/h3-5H,6H2,1-2H3,(H,14,15,16). The summed E-state index contributed by atoms with van der Waals surface area (Å²) >= 11 is 1.98. The number of aromatic nitrogens is 3. The molecule has 1 N–H and O–H groups in total. The second-order valence-electron chi connectivity index (χ2n) is 4.42. The Kier molecular flexibility index (Phi) is 4.50. The fourth-order valence-electron chi connectivity index (χ4n) is 1.74. The third kappa shape index (κ3) is 3.54. The number of hydrogen-bond acceptors (Lipinski definition) is 5. The summed E-state index contributed by atoms with van der Waals surface area (Å²) in [6.07, 6.45) is 0. The first kappa shape index (κ1) is 15.4. The van der Waals surface area contributed by atoms with E-state index in [9.17, 15) is 14.9 Å². The Hall–Kier alpha value is -2.04. The molecule has 9 heteroatoms. The maximum atomic E-state index is 12.4. The summed E-state index contributed by atoms with van der Waals surface area (Å²) in [7, 11) is 1.60. The number of nitrogens with zero attached hydrogens (tertiary/aromatic N) is 4. The predicted molar refractivity (Wildman–Crippen MR) is 82.7 cm³/mol. The molecule has 2 rings (SSSR count). The van der Waals surface area contributed by atoms with Gasteiger partial charge in [-0.25, -0.2) is 4.98 Å². The highest BCUT2D eigenvalue weighted by Crippen LogP contribution is 2.21. The second kappa shape index (κ2) is 6.16. The average Bonchev–Trinajstić information content (AvgIpc) is 2.83. The number of non-ortho nitro benzene ring substituents is 1. The number of H-pyrrole nitrogens is 1. The second-order valence-corrected chi connectivity index (χ2v) is 5.58. The monoisotopic (exact) mass is 401 g/mol. The van der Waals surface area contributed by atoms with Crippen molar-refractivity contribution in [1.29, 1.82) is 0 Å². The number of carbonyl (C=O) groups is 1. The molecule has 21 heavy (non-hydrogen) atoms. The van der Waals surface area contributed by atoms with E-state index in [1.54, 1.807) is 20.0 Å². The highest BCUT2D eigenvalue weighted by molar-refractivity contribution is 14.1. The first-order valence-electron chi connectivity index (χ1n) is 5.95. The molecule has 8 nitrogen and oxygen atoms in total. The first-order chi connectivity index (χ1) is 9.88. The Morgan fingerprint density at radius 2 is 2.24 bits per heavy atom. The van der Waals surface area contributed by atoms with Crippen molar-refractivity contribution in [2.75, 3.05) is 7.05 Å². The zero-order valence-corrected chi connectivity index (χ0v) is 13.5. The lowest BCUT2D eigenvalue weighted by atomic mass is 10.2. The number of nitro benzene ring substituents is 1. The van der Waals surface area contributed by atoms with E-state index in [1.165, 1.54) is 17.0 Å². The molecule has 1 heterocycles. The minimum absolute atomic E-state index is 0.110. The summed E-state index contributed by atoms with van der Waals surface area (Å²) in [5.41, 5.74) is 0.181. The van der Waals surface area contributed by atoms with Gasteiger partial charge in [0.05, 0.1) is 17.0 Å². The Bertz CT molecular complexity index is 700. The van der Waals surface area contributed by atoms with Crippen LogP contribution < -0.4 is 0 Å². The van der Waals surface area contributed by atoms with Crippen LogP contribution in [-0.2, 0) is 6.54 Å². The fourth-order valence-corrected chi connectivity index (χ4v) is 2.31. The Morgan fingerprint density at radius 1 is 1.52 bits per heavy atom. The Balaban J connectivity index is 2.22. The quantitative estimate of drug-likeness (QED) is 0.479. The summed E-state index contributed by atoms with van der Waals surface area (Å²) in [6, 6.07) is 4.21. The Morgan fingerprint density at radius 3 is 2.81 bits per heavy atom. The molecule has 0 bridgehead atoms. The zero-order chi connectivity index (χ0) is 15.6. The largest absolute Gasteiger partial charge is 0.334 e. The van der Waals surface area contributed by atoms with Gasteiger partial charge in [0.25, 0.3) is 11.6 Å². The van der Waals surface area contributed by atoms with Crippen LogP contribution in [0.3, 0.4) is 0 Å². The van der Waals surface area contributed by atoms with Crippen LogP contribution in [0.25, 0.3) is 0 Å². The normalized spacial score (nSPS) is 10.4. The van der Waals surface area contributed by atoms with Crippen molar-refractivity contribution < 1.29 is 9.72 Å². The fraction of sp³-hybridized carbons (Fsp3) is 0.250. The van der Waals surface area contributed by atoms with Crippen LogP contribution in [0.4, 0.5) is 5.69 Å². The molecule has 0 aliphatic carbocycles. The summed E-state index contributed by atoms with van der Waals surface area (Å²) in [4.78, 5) is 28.2. The van der Waals surface area contributed by atoms with E-state index in [4.69, 9.17) is 0 Å². The lowest BCUT2D eigenvalue weighted by molar-refractivity contribution is -0.384. The number of carbonyl (C=O) groups excluding carboxylic acids is 1.